The molecule has 3 heterocycles. The summed E-state index contributed by atoms with van der Waals surface area (Å²) in [7, 11) is 0. The van der Waals surface area contributed by atoms with Gasteiger partial charge in [0.2, 0.25) is 0 Å². The van der Waals surface area contributed by atoms with Crippen molar-refractivity contribution in [2.24, 2.45) is 4.99 Å². The Bertz CT molecular complexity index is 989. The molecule has 4 rings (SSSR count). The fourth-order valence-corrected chi connectivity index (χ4v) is 4.97. The van der Waals surface area contributed by atoms with Crippen LogP contribution in [0.1, 0.15) is 36.6 Å². The first kappa shape index (κ1) is 23.8. The number of aromatic nitrogens is 2. The zero-order valence-electron chi connectivity index (χ0n) is 18.4. The van der Waals surface area contributed by atoms with E-state index in [-0.39, 0.29) is 24.0 Å². The molecular formula is C23H33IN6S. The average Bonchev–Trinajstić information content (AvgIpc) is 3.49. The van der Waals surface area contributed by atoms with Gasteiger partial charge in [0.25, 0.3) is 0 Å². The van der Waals surface area contributed by atoms with Crippen molar-refractivity contribution in [3.05, 3.63) is 46.6 Å². The lowest BCUT2D eigenvalue weighted by atomic mass is 10.1. The van der Waals surface area contributed by atoms with Crippen molar-refractivity contribution in [2.75, 3.05) is 37.6 Å². The summed E-state index contributed by atoms with van der Waals surface area (Å²) < 4.78 is 0. The average molecular weight is 553 g/mol. The van der Waals surface area contributed by atoms with Crippen molar-refractivity contribution in [3.63, 3.8) is 0 Å². The molecule has 168 valence electrons. The predicted octanol–water partition coefficient (Wildman–Crippen LogP) is 4.49. The van der Waals surface area contributed by atoms with Gasteiger partial charge in [0, 0.05) is 61.6 Å². The van der Waals surface area contributed by atoms with Gasteiger partial charge < -0.3 is 20.5 Å². The number of aromatic amines is 1. The summed E-state index contributed by atoms with van der Waals surface area (Å²) in [6.07, 6.45) is 6.54. The van der Waals surface area contributed by atoms with Crippen LogP contribution in [0.25, 0.3) is 10.9 Å². The minimum atomic E-state index is 0. The molecule has 0 saturated carbocycles. The topological polar surface area (TPSA) is 68.3 Å². The number of guanidine groups is 1. The van der Waals surface area contributed by atoms with Gasteiger partial charge in [-0.1, -0.05) is 12.1 Å². The molecule has 0 spiro atoms. The van der Waals surface area contributed by atoms with E-state index < -0.39 is 0 Å². The Morgan fingerprint density at radius 3 is 2.87 bits per heavy atom. The molecule has 1 saturated heterocycles. The summed E-state index contributed by atoms with van der Waals surface area (Å²) in [5.74, 6) is 0.879. The van der Waals surface area contributed by atoms with Crippen molar-refractivity contribution in [1.82, 2.24) is 20.6 Å². The van der Waals surface area contributed by atoms with Gasteiger partial charge >= 0.3 is 0 Å². The highest BCUT2D eigenvalue weighted by Crippen LogP contribution is 2.24. The molecule has 1 aliphatic heterocycles. The lowest BCUT2D eigenvalue weighted by molar-refractivity contribution is 0.796. The van der Waals surface area contributed by atoms with E-state index in [1.54, 1.807) is 11.3 Å². The summed E-state index contributed by atoms with van der Waals surface area (Å²) in [6, 6.07) is 6.41. The number of hydrogen-bond acceptors (Lipinski definition) is 4. The quantitative estimate of drug-likeness (QED) is 0.219. The van der Waals surface area contributed by atoms with Crippen LogP contribution in [-0.2, 0) is 12.8 Å². The highest BCUT2D eigenvalue weighted by atomic mass is 127. The molecule has 0 aliphatic carbocycles. The Balaban J connectivity index is 0.00000272. The number of anilines is 1. The molecule has 0 amide bonds. The maximum atomic E-state index is 4.80. The number of hydrogen-bond donors (Lipinski definition) is 3. The number of H-pyrrole nitrogens is 1. The Morgan fingerprint density at radius 1 is 1.23 bits per heavy atom. The number of fused-ring (bicyclic) bond motifs is 1. The normalized spacial score (nSPS) is 14.1. The molecule has 3 aromatic rings. The summed E-state index contributed by atoms with van der Waals surface area (Å²) in [6.45, 7) is 9.02. The summed E-state index contributed by atoms with van der Waals surface area (Å²) in [4.78, 5) is 15.3. The van der Waals surface area contributed by atoms with E-state index in [2.05, 4.69) is 64.1 Å². The third-order valence-corrected chi connectivity index (χ3v) is 6.53. The van der Waals surface area contributed by atoms with Gasteiger partial charge in [0.1, 0.15) is 0 Å². The minimum absolute atomic E-state index is 0. The Kier molecular flexibility index (Phi) is 9.01. The smallest absolute Gasteiger partial charge is 0.191 e. The second-order valence-electron chi connectivity index (χ2n) is 7.81. The Morgan fingerprint density at radius 2 is 2.06 bits per heavy atom. The van der Waals surface area contributed by atoms with Gasteiger partial charge in [0.15, 0.2) is 11.1 Å². The number of halogens is 1. The van der Waals surface area contributed by atoms with E-state index in [9.17, 15) is 0 Å². The lowest BCUT2D eigenvalue weighted by Crippen LogP contribution is -2.38. The van der Waals surface area contributed by atoms with Gasteiger partial charge in [-0.3, -0.25) is 4.99 Å². The van der Waals surface area contributed by atoms with Crippen molar-refractivity contribution >= 4 is 57.3 Å². The summed E-state index contributed by atoms with van der Waals surface area (Å²) in [5, 5.41) is 11.5. The van der Waals surface area contributed by atoms with Gasteiger partial charge in [-0.2, -0.15) is 0 Å². The molecule has 0 unspecified atom stereocenters. The third-order valence-electron chi connectivity index (χ3n) is 5.58. The molecule has 8 heteroatoms. The van der Waals surface area contributed by atoms with Crippen LogP contribution in [0.15, 0.2) is 34.8 Å². The zero-order valence-corrected chi connectivity index (χ0v) is 21.6. The molecule has 31 heavy (non-hydrogen) atoms. The Labute approximate surface area is 206 Å². The standard InChI is InChI=1S/C23H32N6S.HI/c1-3-24-22(25-11-9-18-15-27-20-8-6-7-17(2)21(18)20)26-12-10-19-16-30-23(28-19)29-13-4-5-14-29;/h6-8,15-16,27H,3-5,9-14H2,1-2H3,(H2,24,25,26);1H. The van der Waals surface area contributed by atoms with Gasteiger partial charge in [0.05, 0.1) is 5.69 Å². The molecular weight excluding hydrogens is 519 g/mol. The van der Waals surface area contributed by atoms with Crippen LogP contribution in [0.4, 0.5) is 5.13 Å². The van der Waals surface area contributed by atoms with Gasteiger partial charge in [-0.05, 0) is 50.3 Å². The van der Waals surface area contributed by atoms with Crippen molar-refractivity contribution < 1.29 is 0 Å². The summed E-state index contributed by atoms with van der Waals surface area (Å²) in [5.41, 5.74) is 5.03. The number of thiazole rings is 1. The molecule has 6 nitrogen and oxygen atoms in total. The fourth-order valence-electron chi connectivity index (χ4n) is 4.05. The van der Waals surface area contributed by atoms with E-state index >= 15 is 0 Å². The number of nitrogens with zero attached hydrogens (tertiary/aromatic N) is 3. The van der Waals surface area contributed by atoms with Crippen LogP contribution >= 0.6 is 35.3 Å². The first-order chi connectivity index (χ1) is 14.7. The van der Waals surface area contributed by atoms with Crippen molar-refractivity contribution in [3.8, 4) is 0 Å². The van der Waals surface area contributed by atoms with E-state index in [4.69, 9.17) is 9.98 Å². The van der Waals surface area contributed by atoms with Crippen molar-refractivity contribution in [2.45, 2.75) is 39.5 Å². The zero-order chi connectivity index (χ0) is 20.8. The highest BCUT2D eigenvalue weighted by Gasteiger charge is 2.15. The fraction of sp³-hybridized carbons (Fsp3) is 0.478. The number of rotatable bonds is 8. The van der Waals surface area contributed by atoms with E-state index in [0.29, 0.717) is 0 Å². The Hall–Kier alpha value is -1.81. The van der Waals surface area contributed by atoms with Crippen LogP contribution < -0.4 is 15.5 Å². The van der Waals surface area contributed by atoms with Crippen LogP contribution in [-0.4, -0.2) is 48.7 Å². The highest BCUT2D eigenvalue weighted by molar-refractivity contribution is 14.0. The molecule has 0 atom stereocenters. The number of benzene rings is 1. The second kappa shape index (κ2) is 11.7. The monoisotopic (exact) mass is 552 g/mol. The summed E-state index contributed by atoms with van der Waals surface area (Å²) >= 11 is 1.76. The molecule has 0 bridgehead atoms. The van der Waals surface area contributed by atoms with E-state index in [1.165, 1.54) is 40.0 Å². The van der Waals surface area contributed by atoms with Gasteiger partial charge in [-0.15, -0.1) is 35.3 Å². The predicted molar refractivity (Wildman–Crippen MR) is 143 cm³/mol. The molecule has 0 radical (unpaired) electrons. The van der Waals surface area contributed by atoms with Crippen molar-refractivity contribution in [1.29, 1.82) is 0 Å². The molecule has 1 aliphatic rings. The first-order valence-corrected chi connectivity index (χ1v) is 11.9. The van der Waals surface area contributed by atoms with Crippen LogP contribution in [0.3, 0.4) is 0 Å². The van der Waals surface area contributed by atoms with E-state index in [1.807, 2.05) is 0 Å². The number of aryl methyl sites for hydroxylation is 1. The minimum Gasteiger partial charge on any atom is -0.361 e. The number of nitrogens with one attached hydrogen (secondary N) is 3. The van der Waals surface area contributed by atoms with Crippen LogP contribution in [0, 0.1) is 6.92 Å². The molecule has 1 aromatic carbocycles. The SMILES string of the molecule is CCNC(=NCCc1csc(N2CCCC2)n1)NCCc1c[nH]c2cccc(C)c12.I. The van der Waals surface area contributed by atoms with Crippen LogP contribution in [0.5, 0.6) is 0 Å². The number of aliphatic imine (C=N–C) groups is 1. The molecule has 2 aromatic heterocycles. The lowest BCUT2D eigenvalue weighted by Gasteiger charge is -2.12. The van der Waals surface area contributed by atoms with Crippen LogP contribution in [0.2, 0.25) is 0 Å². The van der Waals surface area contributed by atoms with Gasteiger partial charge in [-0.25, -0.2) is 4.98 Å². The molecule has 1 fully saturated rings. The maximum absolute atomic E-state index is 4.80. The molecule has 3 N–H and O–H groups in total. The third kappa shape index (κ3) is 6.12. The largest absolute Gasteiger partial charge is 0.361 e. The first-order valence-electron chi connectivity index (χ1n) is 11.0. The maximum Gasteiger partial charge on any atom is 0.191 e. The van der Waals surface area contributed by atoms with E-state index in [0.717, 1.165) is 57.2 Å². The second-order valence-corrected chi connectivity index (χ2v) is 8.65.